The molecule has 1 aliphatic rings. The molecule has 134 valence electrons. The summed E-state index contributed by atoms with van der Waals surface area (Å²) in [7, 11) is -3.68. The molecule has 7 heteroatoms. The number of sulfonamides is 1. The van der Waals surface area contributed by atoms with E-state index >= 15 is 0 Å². The van der Waals surface area contributed by atoms with Crippen molar-refractivity contribution in [2.24, 2.45) is 0 Å². The molecule has 1 fully saturated rings. The van der Waals surface area contributed by atoms with Gasteiger partial charge in [0.05, 0.1) is 4.88 Å². The molecule has 1 saturated heterocycles. The maximum atomic E-state index is 12.6. The zero-order valence-electron chi connectivity index (χ0n) is 14.4. The summed E-state index contributed by atoms with van der Waals surface area (Å²) in [6.07, 6.45) is 2.02. The average Bonchev–Trinajstić information content (AvgIpc) is 3.26. The third-order valence-corrected chi connectivity index (χ3v) is 7.23. The average molecular weight is 379 g/mol. The van der Waals surface area contributed by atoms with Gasteiger partial charge in [-0.15, -0.1) is 11.3 Å². The van der Waals surface area contributed by atoms with Crippen molar-refractivity contribution in [1.29, 1.82) is 0 Å². The zero-order chi connectivity index (χ0) is 18.0. The van der Waals surface area contributed by atoms with Gasteiger partial charge in [0.25, 0.3) is 15.9 Å². The minimum absolute atomic E-state index is 0.0785. The van der Waals surface area contributed by atoms with Crippen molar-refractivity contribution in [2.75, 3.05) is 17.8 Å². The molecular weight excluding hydrogens is 356 g/mol. The van der Waals surface area contributed by atoms with E-state index in [-0.39, 0.29) is 10.1 Å². The molecule has 0 spiro atoms. The van der Waals surface area contributed by atoms with E-state index in [1.165, 1.54) is 6.07 Å². The van der Waals surface area contributed by atoms with Crippen LogP contribution < -0.4 is 4.72 Å². The zero-order valence-corrected chi connectivity index (χ0v) is 16.0. The van der Waals surface area contributed by atoms with Gasteiger partial charge in [0.1, 0.15) is 4.21 Å². The second-order valence-corrected chi connectivity index (χ2v) is 9.49. The first-order chi connectivity index (χ1) is 11.9. The minimum Gasteiger partial charge on any atom is -0.338 e. The highest BCUT2D eigenvalue weighted by Gasteiger charge is 2.24. The lowest BCUT2D eigenvalue weighted by Gasteiger charge is -2.13. The Hall–Kier alpha value is -1.86. The molecule has 0 aliphatic carbocycles. The molecule has 1 amide bonds. The molecule has 1 aromatic carbocycles. The van der Waals surface area contributed by atoms with Gasteiger partial charge < -0.3 is 4.90 Å². The second kappa shape index (κ2) is 7.17. The molecule has 3 rings (SSSR count). The molecule has 0 bridgehead atoms. The molecule has 0 unspecified atom stereocenters. The van der Waals surface area contributed by atoms with Crippen LogP contribution in [0.2, 0.25) is 0 Å². The van der Waals surface area contributed by atoms with Crippen molar-refractivity contribution in [3.8, 4) is 0 Å². The largest absolute Gasteiger partial charge is 0.338 e. The molecule has 5 nitrogen and oxygen atoms in total. The molecule has 25 heavy (non-hydrogen) atoms. The fourth-order valence-electron chi connectivity index (χ4n) is 2.80. The molecular formula is C18H22N2O3S2. The summed E-state index contributed by atoms with van der Waals surface area (Å²) < 4.78 is 27.8. The van der Waals surface area contributed by atoms with E-state index in [1.54, 1.807) is 23.1 Å². The van der Waals surface area contributed by atoms with E-state index in [0.717, 1.165) is 42.8 Å². The van der Waals surface area contributed by atoms with Crippen LogP contribution in [0, 0.1) is 0 Å². The number of carbonyl (C=O) groups is 1. The first kappa shape index (κ1) is 17.9. The van der Waals surface area contributed by atoms with Gasteiger partial charge in [-0.1, -0.05) is 26.0 Å². The lowest BCUT2D eigenvalue weighted by molar-refractivity contribution is 0.0797. The van der Waals surface area contributed by atoms with Crippen LogP contribution in [0.3, 0.4) is 0 Å². The summed E-state index contributed by atoms with van der Waals surface area (Å²) in [5, 5.41) is 0. The summed E-state index contributed by atoms with van der Waals surface area (Å²) in [5.41, 5.74) is 1.67. The van der Waals surface area contributed by atoms with Gasteiger partial charge in [-0.05, 0) is 48.6 Å². The highest BCUT2D eigenvalue weighted by molar-refractivity contribution is 7.94. The number of hydrogen-bond acceptors (Lipinski definition) is 4. The highest BCUT2D eigenvalue weighted by atomic mass is 32.2. The maximum Gasteiger partial charge on any atom is 0.271 e. The first-order valence-corrected chi connectivity index (χ1v) is 10.7. The number of thiophene rings is 1. The second-order valence-electron chi connectivity index (χ2n) is 6.50. The van der Waals surface area contributed by atoms with Gasteiger partial charge in [0, 0.05) is 18.8 Å². The Bertz CT molecular complexity index is 849. The van der Waals surface area contributed by atoms with E-state index in [0.29, 0.717) is 16.5 Å². The number of amides is 1. The van der Waals surface area contributed by atoms with Gasteiger partial charge in [0.2, 0.25) is 0 Å². The predicted octanol–water partition coefficient (Wildman–Crippen LogP) is 3.91. The van der Waals surface area contributed by atoms with Crippen molar-refractivity contribution < 1.29 is 13.2 Å². The van der Waals surface area contributed by atoms with Crippen LogP contribution in [0.25, 0.3) is 0 Å². The first-order valence-electron chi connectivity index (χ1n) is 8.39. The van der Waals surface area contributed by atoms with E-state index in [4.69, 9.17) is 0 Å². The fraction of sp³-hybridized carbons (Fsp3) is 0.389. The highest BCUT2D eigenvalue weighted by Crippen LogP contribution is 2.26. The van der Waals surface area contributed by atoms with Crippen molar-refractivity contribution in [2.45, 2.75) is 36.8 Å². The van der Waals surface area contributed by atoms with Crippen molar-refractivity contribution in [3.63, 3.8) is 0 Å². The number of benzene rings is 1. The van der Waals surface area contributed by atoms with Gasteiger partial charge in [-0.25, -0.2) is 8.42 Å². The number of likely N-dealkylation sites (tertiary alicyclic amines) is 1. The smallest absolute Gasteiger partial charge is 0.271 e. The Morgan fingerprint density at radius 3 is 2.32 bits per heavy atom. The molecule has 0 radical (unpaired) electrons. The third-order valence-electron chi connectivity index (χ3n) is 4.28. The topological polar surface area (TPSA) is 66.5 Å². The van der Waals surface area contributed by atoms with E-state index < -0.39 is 10.0 Å². The summed E-state index contributed by atoms with van der Waals surface area (Å²) in [4.78, 5) is 14.6. The molecule has 1 aromatic heterocycles. The summed E-state index contributed by atoms with van der Waals surface area (Å²) in [5.74, 6) is 0.312. The number of carbonyl (C=O) groups excluding carboxylic acids is 1. The van der Waals surface area contributed by atoms with Crippen LogP contribution in [0.15, 0.2) is 40.6 Å². The third kappa shape index (κ3) is 4.04. The number of rotatable bonds is 5. The van der Waals surface area contributed by atoms with Gasteiger partial charge in [-0.3, -0.25) is 9.52 Å². The van der Waals surface area contributed by atoms with Crippen molar-refractivity contribution in [3.05, 3.63) is 46.8 Å². The van der Waals surface area contributed by atoms with E-state index in [2.05, 4.69) is 18.6 Å². The van der Waals surface area contributed by atoms with Crippen LogP contribution in [-0.4, -0.2) is 32.3 Å². The summed E-state index contributed by atoms with van der Waals surface area (Å²) >= 11 is 1.02. The number of hydrogen-bond donors (Lipinski definition) is 1. The van der Waals surface area contributed by atoms with Crippen LogP contribution in [-0.2, 0) is 10.0 Å². The number of anilines is 1. The fourth-order valence-corrected chi connectivity index (χ4v) is 5.13. The Morgan fingerprint density at radius 1 is 1.08 bits per heavy atom. The van der Waals surface area contributed by atoms with E-state index in [9.17, 15) is 13.2 Å². The predicted molar refractivity (Wildman–Crippen MR) is 101 cm³/mol. The van der Waals surface area contributed by atoms with Gasteiger partial charge >= 0.3 is 0 Å². The van der Waals surface area contributed by atoms with Gasteiger partial charge in [-0.2, -0.15) is 0 Å². The number of nitrogens with zero attached hydrogens (tertiary/aromatic N) is 1. The molecule has 2 aromatic rings. The molecule has 1 aliphatic heterocycles. The Kier molecular flexibility index (Phi) is 5.15. The minimum atomic E-state index is -3.68. The molecule has 0 saturated carbocycles. The molecule has 0 atom stereocenters. The molecule has 1 N–H and O–H groups in total. The Labute approximate surface area is 152 Å². The van der Waals surface area contributed by atoms with Gasteiger partial charge in [0.15, 0.2) is 0 Å². The normalized spacial score (nSPS) is 14.9. The van der Waals surface area contributed by atoms with Crippen LogP contribution in [0.4, 0.5) is 5.69 Å². The van der Waals surface area contributed by atoms with Crippen molar-refractivity contribution in [1.82, 2.24) is 4.90 Å². The lowest BCUT2D eigenvalue weighted by Crippen LogP contribution is -2.26. The van der Waals surface area contributed by atoms with Crippen molar-refractivity contribution >= 4 is 33.0 Å². The summed E-state index contributed by atoms with van der Waals surface area (Å²) in [6, 6.07) is 10.5. The Morgan fingerprint density at radius 2 is 1.72 bits per heavy atom. The molecule has 2 heterocycles. The Balaban J connectivity index is 1.75. The van der Waals surface area contributed by atoms with E-state index in [1.807, 2.05) is 12.1 Å². The quantitative estimate of drug-likeness (QED) is 0.858. The lowest BCUT2D eigenvalue weighted by atomic mass is 10.0. The van der Waals surface area contributed by atoms with Crippen LogP contribution in [0.5, 0.6) is 0 Å². The number of nitrogens with one attached hydrogen (secondary N) is 1. The van der Waals surface area contributed by atoms with Crippen LogP contribution in [0.1, 0.15) is 47.8 Å². The standard InChI is InChI=1S/C18H22N2O3S2/c1-13(2)14-5-7-15(8-6-14)19-25(22,23)17-10-9-16(24-17)18(21)20-11-3-4-12-20/h5-10,13,19H,3-4,11-12H2,1-2H3. The maximum absolute atomic E-state index is 12.6. The SMILES string of the molecule is CC(C)c1ccc(NS(=O)(=O)c2ccc(C(=O)N3CCCC3)s2)cc1. The van der Waals surface area contributed by atoms with Crippen LogP contribution >= 0.6 is 11.3 Å². The summed E-state index contributed by atoms with van der Waals surface area (Å²) in [6.45, 7) is 5.67. The monoisotopic (exact) mass is 378 g/mol.